The molecular weight excluding hydrogens is 248 g/mol. The van der Waals surface area contributed by atoms with E-state index >= 15 is 0 Å². The maximum absolute atomic E-state index is 11.4. The zero-order valence-electron chi connectivity index (χ0n) is 10.6. The van der Waals surface area contributed by atoms with Crippen molar-refractivity contribution in [3.05, 3.63) is 35.9 Å². The summed E-state index contributed by atoms with van der Waals surface area (Å²) in [6.07, 6.45) is 0. The van der Waals surface area contributed by atoms with Crippen LogP contribution in [0.4, 0.5) is 5.69 Å². The summed E-state index contributed by atoms with van der Waals surface area (Å²) in [6, 6.07) is 8.98. The third-order valence-electron chi connectivity index (χ3n) is 2.99. The second kappa shape index (κ2) is 4.26. The number of primary sulfonamides is 1. The smallest absolute Gasteiger partial charge is 0.238 e. The van der Waals surface area contributed by atoms with E-state index in [4.69, 9.17) is 5.14 Å². The summed E-state index contributed by atoms with van der Waals surface area (Å²) in [5.41, 5.74) is 2.08. The van der Waals surface area contributed by atoms with Gasteiger partial charge < -0.3 is 4.90 Å². The highest BCUT2D eigenvalue weighted by atomic mass is 32.2. The fraction of sp³-hybridized carbons (Fsp3) is 0.231. The number of benzene rings is 2. The third kappa shape index (κ3) is 2.19. The van der Waals surface area contributed by atoms with Gasteiger partial charge in [-0.25, -0.2) is 13.6 Å². The Hall–Kier alpha value is -1.59. The number of aryl methyl sites for hydroxylation is 1. The Balaban J connectivity index is 2.83. The fourth-order valence-corrected chi connectivity index (χ4v) is 2.56. The van der Waals surface area contributed by atoms with E-state index in [1.54, 1.807) is 18.2 Å². The molecule has 0 aliphatic rings. The number of hydrogen-bond donors (Lipinski definition) is 1. The lowest BCUT2D eigenvalue weighted by Gasteiger charge is -2.17. The molecule has 0 saturated carbocycles. The van der Waals surface area contributed by atoms with Gasteiger partial charge in [0.1, 0.15) is 0 Å². The molecule has 0 aliphatic carbocycles. The monoisotopic (exact) mass is 264 g/mol. The molecule has 0 aliphatic heterocycles. The first-order valence-electron chi connectivity index (χ1n) is 5.54. The first-order chi connectivity index (χ1) is 8.30. The molecule has 2 aromatic rings. The van der Waals surface area contributed by atoms with Gasteiger partial charge >= 0.3 is 0 Å². The number of hydrogen-bond acceptors (Lipinski definition) is 3. The van der Waals surface area contributed by atoms with Crippen molar-refractivity contribution in [3.63, 3.8) is 0 Å². The Bertz CT molecular complexity index is 706. The van der Waals surface area contributed by atoms with Gasteiger partial charge in [-0.1, -0.05) is 12.1 Å². The molecule has 0 aromatic heterocycles. The Kier molecular flexibility index (Phi) is 3.04. The van der Waals surface area contributed by atoms with Crippen LogP contribution in [0.15, 0.2) is 35.2 Å². The molecule has 0 saturated heterocycles. The van der Waals surface area contributed by atoms with Crippen molar-refractivity contribution in [2.24, 2.45) is 5.14 Å². The van der Waals surface area contributed by atoms with E-state index in [-0.39, 0.29) is 4.90 Å². The topological polar surface area (TPSA) is 63.4 Å². The molecule has 0 bridgehead atoms. The largest absolute Gasteiger partial charge is 0.377 e. The van der Waals surface area contributed by atoms with Gasteiger partial charge in [0.2, 0.25) is 10.0 Å². The summed E-state index contributed by atoms with van der Waals surface area (Å²) in [6.45, 7) is 1.95. The molecule has 4 nitrogen and oxygen atoms in total. The van der Waals surface area contributed by atoms with Crippen molar-refractivity contribution in [1.82, 2.24) is 0 Å². The van der Waals surface area contributed by atoms with Crippen LogP contribution in [0.1, 0.15) is 5.56 Å². The maximum Gasteiger partial charge on any atom is 0.238 e. The molecule has 0 radical (unpaired) electrons. The van der Waals surface area contributed by atoms with E-state index in [0.717, 1.165) is 22.0 Å². The SMILES string of the molecule is Cc1ccc(N(C)C)c2ccc(S(N)(=O)=O)cc12. The second-order valence-electron chi connectivity index (χ2n) is 4.55. The van der Waals surface area contributed by atoms with E-state index in [1.807, 2.05) is 38.1 Å². The molecule has 0 fully saturated rings. The predicted molar refractivity (Wildman–Crippen MR) is 74.4 cm³/mol. The van der Waals surface area contributed by atoms with Crippen molar-refractivity contribution < 1.29 is 8.42 Å². The van der Waals surface area contributed by atoms with Crippen molar-refractivity contribution >= 4 is 26.5 Å². The van der Waals surface area contributed by atoms with Crippen LogP contribution < -0.4 is 10.0 Å². The Labute approximate surface area is 107 Å². The zero-order valence-corrected chi connectivity index (χ0v) is 11.5. The summed E-state index contributed by atoms with van der Waals surface area (Å²) < 4.78 is 22.7. The van der Waals surface area contributed by atoms with Gasteiger partial charge in [0.25, 0.3) is 0 Å². The number of fused-ring (bicyclic) bond motifs is 1. The molecule has 96 valence electrons. The number of anilines is 1. The average molecular weight is 264 g/mol. The van der Waals surface area contributed by atoms with Gasteiger partial charge in [0.15, 0.2) is 0 Å². The molecule has 0 heterocycles. The molecular formula is C13H16N2O2S. The van der Waals surface area contributed by atoms with E-state index in [2.05, 4.69) is 0 Å². The lowest BCUT2D eigenvalue weighted by Crippen LogP contribution is -2.12. The van der Waals surface area contributed by atoms with Crippen LogP contribution >= 0.6 is 0 Å². The Morgan fingerprint density at radius 1 is 1.06 bits per heavy atom. The maximum atomic E-state index is 11.4. The lowest BCUT2D eigenvalue weighted by molar-refractivity contribution is 0.598. The van der Waals surface area contributed by atoms with E-state index in [1.165, 1.54) is 0 Å². The van der Waals surface area contributed by atoms with Crippen molar-refractivity contribution in [2.75, 3.05) is 19.0 Å². The van der Waals surface area contributed by atoms with Crippen LogP contribution in [0.3, 0.4) is 0 Å². The highest BCUT2D eigenvalue weighted by molar-refractivity contribution is 7.89. The number of nitrogens with zero attached hydrogens (tertiary/aromatic N) is 1. The van der Waals surface area contributed by atoms with Gasteiger partial charge in [-0.05, 0) is 36.1 Å². The molecule has 18 heavy (non-hydrogen) atoms. The van der Waals surface area contributed by atoms with Crippen LogP contribution in [0.2, 0.25) is 0 Å². The van der Waals surface area contributed by atoms with Gasteiger partial charge in [-0.3, -0.25) is 0 Å². The molecule has 2 rings (SSSR count). The molecule has 0 spiro atoms. The Morgan fingerprint density at radius 3 is 2.28 bits per heavy atom. The van der Waals surface area contributed by atoms with Crippen molar-refractivity contribution in [3.8, 4) is 0 Å². The predicted octanol–water partition coefficient (Wildman–Crippen LogP) is 1.86. The minimum absolute atomic E-state index is 0.147. The summed E-state index contributed by atoms with van der Waals surface area (Å²) in [4.78, 5) is 2.15. The number of sulfonamides is 1. The summed E-state index contributed by atoms with van der Waals surface area (Å²) in [5, 5.41) is 7.09. The van der Waals surface area contributed by atoms with Crippen LogP contribution in [-0.2, 0) is 10.0 Å². The van der Waals surface area contributed by atoms with Crippen LogP contribution in [0.5, 0.6) is 0 Å². The molecule has 0 amide bonds. The average Bonchev–Trinajstić information content (AvgIpc) is 2.27. The summed E-state index contributed by atoms with van der Waals surface area (Å²) in [5.74, 6) is 0. The van der Waals surface area contributed by atoms with Crippen molar-refractivity contribution in [2.45, 2.75) is 11.8 Å². The highest BCUT2D eigenvalue weighted by Crippen LogP contribution is 2.29. The minimum Gasteiger partial charge on any atom is -0.377 e. The normalized spacial score (nSPS) is 11.8. The van der Waals surface area contributed by atoms with Gasteiger partial charge in [0, 0.05) is 25.2 Å². The lowest BCUT2D eigenvalue weighted by atomic mass is 10.0. The van der Waals surface area contributed by atoms with Crippen LogP contribution in [-0.4, -0.2) is 22.5 Å². The van der Waals surface area contributed by atoms with Crippen LogP contribution in [0, 0.1) is 6.92 Å². The molecule has 2 N–H and O–H groups in total. The van der Waals surface area contributed by atoms with Crippen LogP contribution in [0.25, 0.3) is 10.8 Å². The first kappa shape index (κ1) is 12.9. The standard InChI is InChI=1S/C13H16N2O2S/c1-9-4-7-13(15(2)3)11-6-5-10(8-12(9)11)18(14,16)17/h4-8H,1-3H3,(H2,14,16,17). The van der Waals surface area contributed by atoms with Gasteiger partial charge in [0.05, 0.1) is 4.90 Å². The van der Waals surface area contributed by atoms with Crippen molar-refractivity contribution in [1.29, 1.82) is 0 Å². The van der Waals surface area contributed by atoms with Gasteiger partial charge in [-0.2, -0.15) is 0 Å². The van der Waals surface area contributed by atoms with E-state index in [0.29, 0.717) is 0 Å². The molecule has 0 unspecified atom stereocenters. The Morgan fingerprint density at radius 2 is 1.72 bits per heavy atom. The summed E-state index contributed by atoms with van der Waals surface area (Å²) >= 11 is 0. The molecule has 2 aromatic carbocycles. The number of rotatable bonds is 2. The van der Waals surface area contributed by atoms with Gasteiger partial charge in [-0.15, -0.1) is 0 Å². The quantitative estimate of drug-likeness (QED) is 0.900. The van der Waals surface area contributed by atoms with E-state index < -0.39 is 10.0 Å². The molecule has 5 heteroatoms. The fourth-order valence-electron chi connectivity index (χ4n) is 2.02. The summed E-state index contributed by atoms with van der Waals surface area (Å²) in [7, 11) is 0.254. The molecule has 0 atom stereocenters. The third-order valence-corrected chi connectivity index (χ3v) is 3.90. The highest BCUT2D eigenvalue weighted by Gasteiger charge is 2.11. The number of nitrogens with two attached hydrogens (primary N) is 1. The van der Waals surface area contributed by atoms with E-state index in [9.17, 15) is 8.42 Å². The minimum atomic E-state index is -3.66. The zero-order chi connectivity index (χ0) is 13.5. The first-order valence-corrected chi connectivity index (χ1v) is 7.09. The second-order valence-corrected chi connectivity index (χ2v) is 6.11.